The van der Waals surface area contributed by atoms with E-state index in [0.29, 0.717) is 52.4 Å². The van der Waals surface area contributed by atoms with Gasteiger partial charge in [0.1, 0.15) is 35.5 Å². The standard InChI is InChI=1S/C36H33ClN2O6/c1-3-5-17-42-26-11-8-10-24(18-26)36(40)44-27-14-15-28-32(20-27)45-35(39)29(21-38)34(28)23-13-16-31(33(19-23)41-4-2)43-22-25-9-6-7-12-30(25)37/h6-16,18-20,34H,3-5,17,22,39H2,1-2H3. The van der Waals surface area contributed by atoms with E-state index < -0.39 is 11.9 Å². The third kappa shape index (κ3) is 7.34. The largest absolute Gasteiger partial charge is 0.494 e. The van der Waals surface area contributed by atoms with E-state index >= 15 is 0 Å². The van der Waals surface area contributed by atoms with Gasteiger partial charge in [-0.05, 0) is 61.4 Å². The molecule has 0 fully saturated rings. The van der Waals surface area contributed by atoms with Crippen LogP contribution < -0.4 is 29.4 Å². The molecule has 0 radical (unpaired) electrons. The van der Waals surface area contributed by atoms with Gasteiger partial charge in [-0.15, -0.1) is 0 Å². The second-order valence-electron chi connectivity index (χ2n) is 10.3. The fraction of sp³-hybridized carbons (Fsp3) is 0.222. The van der Waals surface area contributed by atoms with Gasteiger partial charge in [-0.3, -0.25) is 0 Å². The molecule has 0 amide bonds. The van der Waals surface area contributed by atoms with Gasteiger partial charge in [-0.1, -0.05) is 61.3 Å². The number of benzene rings is 4. The van der Waals surface area contributed by atoms with E-state index in [1.807, 2.05) is 43.3 Å². The Morgan fingerprint density at radius 1 is 0.933 bits per heavy atom. The van der Waals surface area contributed by atoms with E-state index in [-0.39, 0.29) is 23.8 Å². The Labute approximate surface area is 267 Å². The second-order valence-corrected chi connectivity index (χ2v) is 10.7. The zero-order valence-electron chi connectivity index (χ0n) is 25.0. The van der Waals surface area contributed by atoms with Gasteiger partial charge in [0, 0.05) is 22.2 Å². The Kier molecular flexibility index (Phi) is 10.1. The molecule has 0 aromatic heterocycles. The van der Waals surface area contributed by atoms with Gasteiger partial charge in [-0.2, -0.15) is 5.26 Å². The number of unbranched alkanes of at least 4 members (excludes halogenated alkanes) is 1. The first-order valence-electron chi connectivity index (χ1n) is 14.7. The molecule has 45 heavy (non-hydrogen) atoms. The average Bonchev–Trinajstić information content (AvgIpc) is 3.04. The maximum absolute atomic E-state index is 13.0. The number of hydrogen-bond donors (Lipinski definition) is 1. The van der Waals surface area contributed by atoms with Gasteiger partial charge in [0.25, 0.3) is 0 Å². The van der Waals surface area contributed by atoms with Crippen LogP contribution in [0.5, 0.6) is 28.7 Å². The lowest BCUT2D eigenvalue weighted by atomic mass is 9.83. The van der Waals surface area contributed by atoms with Gasteiger partial charge < -0.3 is 29.4 Å². The zero-order chi connectivity index (χ0) is 31.8. The highest BCUT2D eigenvalue weighted by Crippen LogP contribution is 2.45. The van der Waals surface area contributed by atoms with Crippen molar-refractivity contribution in [1.29, 1.82) is 5.26 Å². The number of rotatable bonds is 12. The molecular formula is C36H33ClN2O6. The molecule has 0 spiro atoms. The second kappa shape index (κ2) is 14.6. The minimum atomic E-state index is -0.558. The van der Waals surface area contributed by atoms with Gasteiger partial charge >= 0.3 is 5.97 Å². The molecule has 9 heteroatoms. The third-order valence-corrected chi connectivity index (χ3v) is 7.55. The molecule has 2 N–H and O–H groups in total. The number of halogens is 1. The molecular weight excluding hydrogens is 592 g/mol. The topological polar surface area (TPSA) is 113 Å². The molecule has 1 aliphatic heterocycles. The quantitative estimate of drug-likeness (QED) is 0.0960. The molecule has 0 saturated heterocycles. The predicted octanol–water partition coefficient (Wildman–Crippen LogP) is 7.93. The van der Waals surface area contributed by atoms with Crippen LogP contribution >= 0.6 is 11.6 Å². The molecule has 1 aliphatic rings. The molecule has 4 aromatic rings. The lowest BCUT2D eigenvalue weighted by molar-refractivity contribution is 0.0734. The number of nitrogens with zero attached hydrogens (tertiary/aromatic N) is 1. The summed E-state index contributed by atoms with van der Waals surface area (Å²) < 4.78 is 29.2. The van der Waals surface area contributed by atoms with Crippen molar-refractivity contribution < 1.29 is 28.5 Å². The van der Waals surface area contributed by atoms with E-state index in [2.05, 4.69) is 13.0 Å². The van der Waals surface area contributed by atoms with E-state index in [1.165, 1.54) is 0 Å². The Hall–Kier alpha value is -5.13. The number of nitriles is 1. The number of carbonyl (C=O) groups is 1. The minimum Gasteiger partial charge on any atom is -0.494 e. The van der Waals surface area contributed by atoms with Crippen molar-refractivity contribution in [3.05, 3.63) is 124 Å². The Bertz CT molecular complexity index is 1760. The molecule has 1 atom stereocenters. The first kappa shape index (κ1) is 31.3. The van der Waals surface area contributed by atoms with Crippen LogP contribution in [-0.2, 0) is 6.61 Å². The zero-order valence-corrected chi connectivity index (χ0v) is 25.8. The monoisotopic (exact) mass is 624 g/mol. The molecule has 0 bridgehead atoms. The van der Waals surface area contributed by atoms with Crippen LogP contribution in [0.25, 0.3) is 0 Å². The van der Waals surface area contributed by atoms with Crippen molar-refractivity contribution in [3.8, 4) is 34.8 Å². The van der Waals surface area contributed by atoms with Crippen LogP contribution in [0.3, 0.4) is 0 Å². The number of nitrogens with two attached hydrogens (primary N) is 1. The van der Waals surface area contributed by atoms with Gasteiger partial charge in [0.05, 0.1) is 24.7 Å². The van der Waals surface area contributed by atoms with Crippen molar-refractivity contribution in [2.24, 2.45) is 5.73 Å². The number of allylic oxidation sites excluding steroid dienone is 1. The fourth-order valence-electron chi connectivity index (χ4n) is 4.92. The normalized spacial score (nSPS) is 13.7. The summed E-state index contributed by atoms with van der Waals surface area (Å²) in [5.41, 5.74) is 9.11. The smallest absolute Gasteiger partial charge is 0.343 e. The summed E-state index contributed by atoms with van der Waals surface area (Å²) in [6, 6.07) is 27.0. The van der Waals surface area contributed by atoms with Crippen molar-refractivity contribution in [1.82, 2.24) is 0 Å². The molecule has 5 rings (SSSR count). The van der Waals surface area contributed by atoms with Crippen molar-refractivity contribution in [3.63, 3.8) is 0 Å². The van der Waals surface area contributed by atoms with Crippen molar-refractivity contribution in [2.45, 2.75) is 39.2 Å². The molecule has 1 heterocycles. The molecule has 4 aromatic carbocycles. The average molecular weight is 625 g/mol. The van der Waals surface area contributed by atoms with Crippen LogP contribution in [0.15, 0.2) is 96.4 Å². The van der Waals surface area contributed by atoms with Crippen LogP contribution in [0.1, 0.15) is 59.7 Å². The highest BCUT2D eigenvalue weighted by molar-refractivity contribution is 6.31. The Balaban J connectivity index is 1.40. The lowest BCUT2D eigenvalue weighted by Gasteiger charge is -2.27. The van der Waals surface area contributed by atoms with Crippen LogP contribution in [0, 0.1) is 11.3 Å². The SMILES string of the molecule is CCCCOc1cccc(C(=O)Oc2ccc3c(c2)OC(N)=C(C#N)C3c2ccc(OCc3ccccc3Cl)c(OCC)c2)c1. The summed E-state index contributed by atoms with van der Waals surface area (Å²) in [5.74, 6) is 1.14. The highest BCUT2D eigenvalue weighted by atomic mass is 35.5. The number of carbonyl (C=O) groups excluding carboxylic acids is 1. The third-order valence-electron chi connectivity index (χ3n) is 7.18. The first-order valence-corrected chi connectivity index (χ1v) is 15.1. The molecule has 0 saturated carbocycles. The summed E-state index contributed by atoms with van der Waals surface area (Å²) in [4.78, 5) is 13.0. The maximum Gasteiger partial charge on any atom is 0.343 e. The van der Waals surface area contributed by atoms with Crippen LogP contribution in [0.2, 0.25) is 5.02 Å². The summed E-state index contributed by atoms with van der Waals surface area (Å²) >= 11 is 6.31. The predicted molar refractivity (Wildman–Crippen MR) is 171 cm³/mol. The lowest BCUT2D eigenvalue weighted by Crippen LogP contribution is -2.21. The Morgan fingerprint density at radius 2 is 1.78 bits per heavy atom. The van der Waals surface area contributed by atoms with Crippen LogP contribution in [-0.4, -0.2) is 19.2 Å². The fourth-order valence-corrected chi connectivity index (χ4v) is 5.11. The summed E-state index contributed by atoms with van der Waals surface area (Å²) in [5, 5.41) is 10.7. The first-order chi connectivity index (χ1) is 21.9. The molecule has 8 nitrogen and oxygen atoms in total. The molecule has 230 valence electrons. The van der Waals surface area contributed by atoms with E-state index in [1.54, 1.807) is 48.5 Å². The number of ether oxygens (including phenoxy) is 5. The minimum absolute atomic E-state index is 0.0348. The number of fused-ring (bicyclic) bond motifs is 1. The number of hydrogen-bond acceptors (Lipinski definition) is 8. The highest BCUT2D eigenvalue weighted by Gasteiger charge is 2.32. The molecule has 0 aliphatic carbocycles. The van der Waals surface area contributed by atoms with Gasteiger partial charge in [0.2, 0.25) is 5.88 Å². The van der Waals surface area contributed by atoms with Gasteiger partial charge in [-0.25, -0.2) is 4.79 Å². The van der Waals surface area contributed by atoms with Crippen molar-refractivity contribution in [2.75, 3.05) is 13.2 Å². The van der Waals surface area contributed by atoms with Gasteiger partial charge in [0.15, 0.2) is 11.5 Å². The van der Waals surface area contributed by atoms with Crippen LogP contribution in [0.4, 0.5) is 0 Å². The summed E-state index contributed by atoms with van der Waals surface area (Å²) in [7, 11) is 0. The van der Waals surface area contributed by atoms with E-state index in [9.17, 15) is 10.1 Å². The number of esters is 1. The van der Waals surface area contributed by atoms with Crippen molar-refractivity contribution >= 4 is 17.6 Å². The van der Waals surface area contributed by atoms with E-state index in [0.717, 1.165) is 24.0 Å². The Morgan fingerprint density at radius 3 is 2.56 bits per heavy atom. The van der Waals surface area contributed by atoms with E-state index in [4.69, 9.17) is 41.0 Å². The summed E-state index contributed by atoms with van der Waals surface area (Å²) in [6.07, 6.45) is 1.93. The maximum atomic E-state index is 13.0. The molecule has 1 unspecified atom stereocenters. The summed E-state index contributed by atoms with van der Waals surface area (Å²) in [6.45, 7) is 5.20.